The first-order valence-electron chi connectivity index (χ1n) is 4.65. The number of aryl methyl sites for hydroxylation is 1. The van der Waals surface area contributed by atoms with Crippen molar-refractivity contribution in [1.82, 2.24) is 0 Å². The smallest absolute Gasteiger partial charge is 0.371 e. The summed E-state index contributed by atoms with van der Waals surface area (Å²) < 4.78 is 38.1. The van der Waals surface area contributed by atoms with E-state index in [0.717, 1.165) is 12.1 Å². The van der Waals surface area contributed by atoms with E-state index in [4.69, 9.17) is 0 Å². The number of aliphatic hydroxyl groups is 1. The molecule has 94 valence electrons. The van der Waals surface area contributed by atoms with E-state index < -0.39 is 28.8 Å². The van der Waals surface area contributed by atoms with Gasteiger partial charge in [0.15, 0.2) is 0 Å². The van der Waals surface area contributed by atoms with E-state index in [1.807, 2.05) is 0 Å². The normalized spacial score (nSPS) is 15.4. The standard InChI is InChI=1S/C10H10F3NO3/c1-7-2-4-8(5-3-7)9(15,6-14(16)17)10(11,12)13/h2-5,15H,6H2,1H3. The van der Waals surface area contributed by atoms with Gasteiger partial charge in [0.25, 0.3) is 5.60 Å². The zero-order valence-electron chi connectivity index (χ0n) is 8.86. The summed E-state index contributed by atoms with van der Waals surface area (Å²) in [5, 5.41) is 19.8. The molecule has 1 aromatic carbocycles. The Morgan fingerprint density at radius 1 is 1.29 bits per heavy atom. The number of alkyl halides is 3. The molecular formula is C10H10F3NO3. The van der Waals surface area contributed by atoms with Crippen molar-refractivity contribution in [3.63, 3.8) is 0 Å². The molecule has 4 nitrogen and oxygen atoms in total. The lowest BCUT2D eigenvalue weighted by Gasteiger charge is -2.27. The predicted octanol–water partition coefficient (Wildman–Crippen LogP) is 2.02. The molecule has 0 aliphatic heterocycles. The third-order valence-electron chi connectivity index (χ3n) is 2.36. The maximum absolute atomic E-state index is 12.7. The highest BCUT2D eigenvalue weighted by Gasteiger charge is 2.58. The van der Waals surface area contributed by atoms with Gasteiger partial charge in [-0.3, -0.25) is 10.1 Å². The maximum Gasteiger partial charge on any atom is 0.428 e. The van der Waals surface area contributed by atoms with Crippen molar-refractivity contribution < 1.29 is 23.2 Å². The lowest BCUT2D eigenvalue weighted by Crippen LogP contribution is -2.47. The highest BCUT2D eigenvalue weighted by molar-refractivity contribution is 5.28. The van der Waals surface area contributed by atoms with Crippen molar-refractivity contribution >= 4 is 0 Å². The van der Waals surface area contributed by atoms with Gasteiger partial charge in [0.05, 0.1) is 0 Å². The average Bonchev–Trinajstić information content (AvgIpc) is 2.15. The molecule has 0 radical (unpaired) electrons. The predicted molar refractivity (Wildman–Crippen MR) is 53.0 cm³/mol. The van der Waals surface area contributed by atoms with Crippen molar-refractivity contribution in [3.8, 4) is 0 Å². The maximum atomic E-state index is 12.7. The lowest BCUT2D eigenvalue weighted by molar-refractivity contribution is -0.519. The third-order valence-corrected chi connectivity index (χ3v) is 2.36. The highest BCUT2D eigenvalue weighted by atomic mass is 19.4. The van der Waals surface area contributed by atoms with Crippen LogP contribution in [0.5, 0.6) is 0 Å². The quantitative estimate of drug-likeness (QED) is 0.658. The Morgan fingerprint density at radius 2 is 1.76 bits per heavy atom. The first-order valence-corrected chi connectivity index (χ1v) is 4.65. The topological polar surface area (TPSA) is 63.4 Å². The van der Waals surface area contributed by atoms with Gasteiger partial charge in [-0.15, -0.1) is 0 Å². The zero-order chi connectivity index (χ0) is 13.3. The second-order valence-electron chi connectivity index (χ2n) is 3.71. The van der Waals surface area contributed by atoms with Gasteiger partial charge < -0.3 is 5.11 Å². The fourth-order valence-corrected chi connectivity index (χ4v) is 1.36. The molecular weight excluding hydrogens is 239 g/mol. The first kappa shape index (κ1) is 13.4. The van der Waals surface area contributed by atoms with Crippen LogP contribution in [0.3, 0.4) is 0 Å². The van der Waals surface area contributed by atoms with Gasteiger partial charge in [0, 0.05) is 4.92 Å². The number of nitrogens with zero attached hydrogens (tertiary/aromatic N) is 1. The second-order valence-corrected chi connectivity index (χ2v) is 3.71. The molecule has 0 bridgehead atoms. The van der Waals surface area contributed by atoms with E-state index in [1.54, 1.807) is 6.92 Å². The number of rotatable bonds is 3. The summed E-state index contributed by atoms with van der Waals surface area (Å²) in [5.41, 5.74) is -3.30. The molecule has 0 fully saturated rings. The van der Waals surface area contributed by atoms with Crippen LogP contribution < -0.4 is 0 Å². The fraction of sp³-hybridized carbons (Fsp3) is 0.400. The van der Waals surface area contributed by atoms with Crippen LogP contribution in [0.2, 0.25) is 0 Å². The molecule has 0 saturated carbocycles. The van der Waals surface area contributed by atoms with Gasteiger partial charge in [-0.05, 0) is 12.5 Å². The van der Waals surface area contributed by atoms with Crippen LogP contribution in [0.1, 0.15) is 11.1 Å². The van der Waals surface area contributed by atoms with Gasteiger partial charge >= 0.3 is 6.18 Å². The molecule has 1 N–H and O–H groups in total. The van der Waals surface area contributed by atoms with Crippen molar-refractivity contribution in [3.05, 3.63) is 45.5 Å². The Morgan fingerprint density at radius 3 is 2.12 bits per heavy atom. The third kappa shape index (κ3) is 2.73. The van der Waals surface area contributed by atoms with Crippen molar-refractivity contribution in [2.24, 2.45) is 0 Å². The minimum Gasteiger partial charge on any atom is -0.371 e. The Labute approximate surface area is 94.8 Å². The van der Waals surface area contributed by atoms with Crippen molar-refractivity contribution in [2.45, 2.75) is 18.7 Å². The van der Waals surface area contributed by atoms with E-state index in [9.17, 15) is 28.4 Å². The molecule has 0 saturated heterocycles. The molecule has 1 aromatic rings. The van der Waals surface area contributed by atoms with Crippen LogP contribution in [0, 0.1) is 17.0 Å². The fourth-order valence-electron chi connectivity index (χ4n) is 1.36. The minimum absolute atomic E-state index is 0.535. The van der Waals surface area contributed by atoms with Crippen LogP contribution in [0.25, 0.3) is 0 Å². The largest absolute Gasteiger partial charge is 0.428 e. The van der Waals surface area contributed by atoms with E-state index in [-0.39, 0.29) is 0 Å². The van der Waals surface area contributed by atoms with Crippen LogP contribution in [-0.4, -0.2) is 22.8 Å². The molecule has 0 aliphatic carbocycles. The summed E-state index contributed by atoms with van der Waals surface area (Å²) >= 11 is 0. The van der Waals surface area contributed by atoms with Crippen LogP contribution >= 0.6 is 0 Å². The van der Waals surface area contributed by atoms with Crippen LogP contribution in [0.15, 0.2) is 24.3 Å². The van der Waals surface area contributed by atoms with Crippen molar-refractivity contribution in [1.29, 1.82) is 0 Å². The van der Waals surface area contributed by atoms with E-state index in [1.165, 1.54) is 12.1 Å². The Balaban J connectivity index is 3.24. The summed E-state index contributed by atoms with van der Waals surface area (Å²) in [6.45, 7) is 0.0451. The number of benzene rings is 1. The minimum atomic E-state index is -5.10. The molecule has 0 amide bonds. The van der Waals surface area contributed by atoms with Gasteiger partial charge in [0.2, 0.25) is 6.54 Å². The van der Waals surface area contributed by atoms with E-state index >= 15 is 0 Å². The molecule has 0 aliphatic rings. The zero-order valence-corrected chi connectivity index (χ0v) is 8.86. The molecule has 7 heteroatoms. The Bertz CT molecular complexity index is 416. The highest BCUT2D eigenvalue weighted by Crippen LogP contribution is 2.39. The molecule has 0 spiro atoms. The lowest BCUT2D eigenvalue weighted by atomic mass is 9.92. The van der Waals surface area contributed by atoms with Crippen LogP contribution in [-0.2, 0) is 5.60 Å². The van der Waals surface area contributed by atoms with Gasteiger partial charge in [-0.1, -0.05) is 29.8 Å². The molecule has 0 aromatic heterocycles. The monoisotopic (exact) mass is 249 g/mol. The summed E-state index contributed by atoms with van der Waals surface area (Å²) in [6, 6.07) is 4.77. The number of halogens is 3. The van der Waals surface area contributed by atoms with Crippen molar-refractivity contribution in [2.75, 3.05) is 6.54 Å². The van der Waals surface area contributed by atoms with Gasteiger partial charge in [-0.2, -0.15) is 13.2 Å². The molecule has 1 rings (SSSR count). The molecule has 17 heavy (non-hydrogen) atoms. The molecule has 0 heterocycles. The Kier molecular flexibility index (Phi) is 3.42. The SMILES string of the molecule is Cc1ccc(C(O)(C[N+](=O)[O-])C(F)(F)F)cc1. The van der Waals surface area contributed by atoms with Gasteiger partial charge in [-0.25, -0.2) is 0 Å². The number of nitro groups is 1. The van der Waals surface area contributed by atoms with Gasteiger partial charge in [0.1, 0.15) is 0 Å². The number of hydrogen-bond acceptors (Lipinski definition) is 3. The first-order chi connectivity index (χ1) is 7.67. The number of hydrogen-bond donors (Lipinski definition) is 1. The molecule has 1 atom stereocenters. The second kappa shape index (κ2) is 4.33. The molecule has 1 unspecified atom stereocenters. The van der Waals surface area contributed by atoms with E-state index in [2.05, 4.69) is 0 Å². The Hall–Kier alpha value is -1.63. The average molecular weight is 249 g/mol. The summed E-state index contributed by atoms with van der Waals surface area (Å²) in [7, 11) is 0. The summed E-state index contributed by atoms with van der Waals surface area (Å²) in [6.07, 6.45) is -5.10. The van der Waals surface area contributed by atoms with Crippen LogP contribution in [0.4, 0.5) is 13.2 Å². The summed E-state index contributed by atoms with van der Waals surface area (Å²) in [4.78, 5) is 9.06. The van der Waals surface area contributed by atoms with E-state index in [0.29, 0.717) is 5.56 Å². The summed E-state index contributed by atoms with van der Waals surface area (Å²) in [5.74, 6) is 0.